The first-order valence-electron chi connectivity index (χ1n) is 6.46. The molecular formula is C15H15FN2O3. The molecule has 5 nitrogen and oxygen atoms in total. The number of pyridine rings is 1. The molecule has 0 radical (unpaired) electrons. The lowest BCUT2D eigenvalue weighted by molar-refractivity contribution is 0.0698. The van der Waals surface area contributed by atoms with Crippen molar-refractivity contribution in [2.45, 2.75) is 6.42 Å². The molecule has 0 spiro atoms. The Labute approximate surface area is 121 Å². The van der Waals surface area contributed by atoms with Crippen molar-refractivity contribution in [3.8, 4) is 5.75 Å². The number of nitrogens with one attached hydrogen (secondary N) is 1. The van der Waals surface area contributed by atoms with Crippen LogP contribution in [0.2, 0.25) is 0 Å². The first kappa shape index (κ1) is 14.8. The minimum Gasteiger partial charge on any atom is -0.493 e. The van der Waals surface area contributed by atoms with Gasteiger partial charge in [-0.1, -0.05) is 6.07 Å². The Morgan fingerprint density at radius 3 is 3.00 bits per heavy atom. The number of hydrogen-bond acceptors (Lipinski definition) is 4. The van der Waals surface area contributed by atoms with Crippen LogP contribution in [0.15, 0.2) is 42.7 Å². The molecule has 0 atom stereocenters. The molecule has 110 valence electrons. The van der Waals surface area contributed by atoms with Gasteiger partial charge in [0.1, 0.15) is 11.6 Å². The Kier molecular flexibility index (Phi) is 5.09. The van der Waals surface area contributed by atoms with Gasteiger partial charge in [0, 0.05) is 18.8 Å². The lowest BCUT2D eigenvalue weighted by Crippen LogP contribution is -2.10. The van der Waals surface area contributed by atoms with E-state index in [0.717, 1.165) is 0 Å². The number of carbonyl (C=O) groups is 1. The SMILES string of the molecule is O=C(O)c1ccncc1NCCCOc1cccc(F)c1. The van der Waals surface area contributed by atoms with E-state index in [9.17, 15) is 9.18 Å². The van der Waals surface area contributed by atoms with E-state index < -0.39 is 5.97 Å². The minimum absolute atomic E-state index is 0.177. The summed E-state index contributed by atoms with van der Waals surface area (Å²) >= 11 is 0. The third-order valence-corrected chi connectivity index (χ3v) is 2.75. The van der Waals surface area contributed by atoms with Gasteiger partial charge in [0.2, 0.25) is 0 Å². The predicted molar refractivity (Wildman–Crippen MR) is 76.2 cm³/mol. The van der Waals surface area contributed by atoms with E-state index in [-0.39, 0.29) is 11.4 Å². The normalized spacial score (nSPS) is 10.1. The van der Waals surface area contributed by atoms with Gasteiger partial charge in [-0.25, -0.2) is 9.18 Å². The standard InChI is InChI=1S/C15H15FN2O3/c16-11-3-1-4-12(9-11)21-8-2-6-18-14-10-17-7-5-13(14)15(19)20/h1,3-5,7,9-10,18H,2,6,8H2,(H,19,20). The molecule has 0 bridgehead atoms. The number of hydrogen-bond donors (Lipinski definition) is 2. The van der Waals surface area contributed by atoms with E-state index in [1.807, 2.05) is 0 Å². The average molecular weight is 290 g/mol. The summed E-state index contributed by atoms with van der Waals surface area (Å²) in [5.74, 6) is -0.870. The maximum atomic E-state index is 12.9. The maximum absolute atomic E-state index is 12.9. The molecule has 1 heterocycles. The highest BCUT2D eigenvalue weighted by Crippen LogP contribution is 2.14. The van der Waals surface area contributed by atoms with Crippen LogP contribution in [0, 0.1) is 5.82 Å². The van der Waals surface area contributed by atoms with Crippen molar-refractivity contribution >= 4 is 11.7 Å². The number of aromatic carboxylic acids is 1. The summed E-state index contributed by atoms with van der Waals surface area (Å²) in [5, 5.41) is 12.0. The Morgan fingerprint density at radius 2 is 2.24 bits per heavy atom. The van der Waals surface area contributed by atoms with Gasteiger partial charge in [-0.2, -0.15) is 0 Å². The lowest BCUT2D eigenvalue weighted by Gasteiger charge is -2.09. The summed E-state index contributed by atoms with van der Waals surface area (Å²) < 4.78 is 18.3. The third kappa shape index (κ3) is 4.45. The van der Waals surface area contributed by atoms with Crippen molar-refractivity contribution in [1.29, 1.82) is 0 Å². The van der Waals surface area contributed by atoms with Gasteiger partial charge >= 0.3 is 5.97 Å². The molecular weight excluding hydrogens is 275 g/mol. The van der Waals surface area contributed by atoms with E-state index >= 15 is 0 Å². The quantitative estimate of drug-likeness (QED) is 0.767. The second-order valence-corrected chi connectivity index (χ2v) is 4.31. The van der Waals surface area contributed by atoms with Gasteiger partial charge in [0.05, 0.1) is 24.1 Å². The van der Waals surface area contributed by atoms with Crippen LogP contribution in [0.3, 0.4) is 0 Å². The smallest absolute Gasteiger partial charge is 0.337 e. The third-order valence-electron chi connectivity index (χ3n) is 2.75. The van der Waals surface area contributed by atoms with Crippen LogP contribution in [0.25, 0.3) is 0 Å². The molecule has 0 aliphatic rings. The molecule has 0 amide bonds. The zero-order chi connectivity index (χ0) is 15.1. The van der Waals surface area contributed by atoms with Crippen LogP contribution in [-0.2, 0) is 0 Å². The highest BCUT2D eigenvalue weighted by molar-refractivity contribution is 5.93. The van der Waals surface area contributed by atoms with E-state index in [1.54, 1.807) is 12.1 Å². The number of carboxylic acids is 1. The Balaban J connectivity index is 1.76. The predicted octanol–water partition coefficient (Wildman–Crippen LogP) is 2.80. The van der Waals surface area contributed by atoms with Crippen LogP contribution in [0.4, 0.5) is 10.1 Å². The molecule has 0 aliphatic carbocycles. The highest BCUT2D eigenvalue weighted by atomic mass is 19.1. The highest BCUT2D eigenvalue weighted by Gasteiger charge is 2.08. The van der Waals surface area contributed by atoms with Crippen molar-refractivity contribution in [3.05, 3.63) is 54.1 Å². The van der Waals surface area contributed by atoms with E-state index in [0.29, 0.717) is 31.0 Å². The molecule has 0 fully saturated rings. The number of rotatable bonds is 7. The van der Waals surface area contributed by atoms with Crippen LogP contribution in [0.5, 0.6) is 5.75 Å². The van der Waals surface area contributed by atoms with Crippen molar-refractivity contribution in [2.24, 2.45) is 0 Å². The first-order valence-corrected chi connectivity index (χ1v) is 6.46. The topological polar surface area (TPSA) is 71.5 Å². The Bertz CT molecular complexity index is 619. The number of anilines is 1. The monoisotopic (exact) mass is 290 g/mol. The Morgan fingerprint density at radius 1 is 1.38 bits per heavy atom. The van der Waals surface area contributed by atoms with Gasteiger partial charge in [-0.3, -0.25) is 4.98 Å². The number of ether oxygens (including phenoxy) is 1. The van der Waals surface area contributed by atoms with E-state index in [4.69, 9.17) is 9.84 Å². The second kappa shape index (κ2) is 7.23. The van der Waals surface area contributed by atoms with E-state index in [2.05, 4.69) is 10.3 Å². The number of benzene rings is 1. The van der Waals surface area contributed by atoms with Crippen molar-refractivity contribution < 1.29 is 19.0 Å². The molecule has 2 N–H and O–H groups in total. The number of carboxylic acid groups (broad SMARTS) is 1. The van der Waals surface area contributed by atoms with Crippen LogP contribution in [0.1, 0.15) is 16.8 Å². The Hall–Kier alpha value is -2.63. The van der Waals surface area contributed by atoms with Crippen LogP contribution >= 0.6 is 0 Å². The fraction of sp³-hybridized carbons (Fsp3) is 0.200. The van der Waals surface area contributed by atoms with Crippen molar-refractivity contribution in [2.75, 3.05) is 18.5 Å². The van der Waals surface area contributed by atoms with Gasteiger partial charge < -0.3 is 15.2 Å². The average Bonchev–Trinajstić information content (AvgIpc) is 2.47. The molecule has 1 aromatic heterocycles. The zero-order valence-corrected chi connectivity index (χ0v) is 11.3. The number of nitrogens with zero attached hydrogens (tertiary/aromatic N) is 1. The number of aromatic nitrogens is 1. The zero-order valence-electron chi connectivity index (χ0n) is 11.3. The summed E-state index contributed by atoms with van der Waals surface area (Å²) in [6.45, 7) is 0.931. The molecule has 21 heavy (non-hydrogen) atoms. The molecule has 1 aromatic carbocycles. The van der Waals surface area contributed by atoms with Crippen molar-refractivity contribution in [1.82, 2.24) is 4.98 Å². The molecule has 2 rings (SSSR count). The summed E-state index contributed by atoms with van der Waals surface area (Å²) in [6, 6.07) is 7.37. The molecule has 6 heteroatoms. The van der Waals surface area contributed by atoms with Gasteiger partial charge in [0.25, 0.3) is 0 Å². The lowest BCUT2D eigenvalue weighted by atomic mass is 10.2. The molecule has 0 saturated carbocycles. The largest absolute Gasteiger partial charge is 0.493 e. The molecule has 0 aliphatic heterocycles. The van der Waals surface area contributed by atoms with Gasteiger partial charge in [-0.15, -0.1) is 0 Å². The first-order chi connectivity index (χ1) is 10.2. The maximum Gasteiger partial charge on any atom is 0.337 e. The number of halogens is 1. The van der Waals surface area contributed by atoms with Crippen LogP contribution < -0.4 is 10.1 Å². The van der Waals surface area contributed by atoms with Gasteiger partial charge in [-0.05, 0) is 24.6 Å². The summed E-state index contributed by atoms with van der Waals surface area (Å²) in [6.07, 6.45) is 3.54. The summed E-state index contributed by atoms with van der Waals surface area (Å²) in [5.41, 5.74) is 0.645. The molecule has 0 unspecified atom stereocenters. The fourth-order valence-electron chi connectivity index (χ4n) is 1.76. The van der Waals surface area contributed by atoms with E-state index in [1.165, 1.54) is 30.6 Å². The molecule has 2 aromatic rings. The van der Waals surface area contributed by atoms with Gasteiger partial charge in [0.15, 0.2) is 0 Å². The minimum atomic E-state index is -1.00. The second-order valence-electron chi connectivity index (χ2n) is 4.31. The molecule has 0 saturated heterocycles. The van der Waals surface area contributed by atoms with Crippen molar-refractivity contribution in [3.63, 3.8) is 0 Å². The summed E-state index contributed by atoms with van der Waals surface area (Å²) in [7, 11) is 0. The fourth-order valence-corrected chi connectivity index (χ4v) is 1.76. The summed E-state index contributed by atoms with van der Waals surface area (Å²) in [4.78, 5) is 14.9. The van der Waals surface area contributed by atoms with Crippen LogP contribution in [-0.4, -0.2) is 29.2 Å².